The van der Waals surface area contributed by atoms with Gasteiger partial charge >= 0.3 is 0 Å². The van der Waals surface area contributed by atoms with E-state index in [0.29, 0.717) is 4.47 Å². The maximum atomic E-state index is 13.3. The Hall–Kier alpha value is -1.26. The summed E-state index contributed by atoms with van der Waals surface area (Å²) in [5.41, 5.74) is 8.60. The highest BCUT2D eigenvalue weighted by atomic mass is 79.9. The molecule has 1 aromatic heterocycles. The van der Waals surface area contributed by atoms with Crippen molar-refractivity contribution < 1.29 is 4.39 Å². The van der Waals surface area contributed by atoms with Gasteiger partial charge < -0.3 is 5.73 Å². The number of hydrogen-bond donors (Lipinski definition) is 1. The first-order valence-corrected chi connectivity index (χ1v) is 5.99. The predicted molar refractivity (Wildman–Crippen MR) is 69.1 cm³/mol. The molecule has 4 heteroatoms. The van der Waals surface area contributed by atoms with E-state index in [1.54, 1.807) is 6.20 Å². The third-order valence-corrected chi connectivity index (χ3v) is 3.00. The zero-order valence-corrected chi connectivity index (χ0v) is 10.9. The van der Waals surface area contributed by atoms with E-state index < -0.39 is 0 Å². The lowest BCUT2D eigenvalue weighted by atomic mass is 10.0. The first-order valence-electron chi connectivity index (χ1n) is 5.20. The molecule has 17 heavy (non-hydrogen) atoms. The van der Waals surface area contributed by atoms with E-state index in [-0.39, 0.29) is 11.9 Å². The summed E-state index contributed by atoms with van der Waals surface area (Å²) >= 11 is 3.25. The molecule has 2 N–H and O–H groups in total. The normalized spacial score (nSPS) is 12.5. The maximum Gasteiger partial charge on any atom is 0.124 e. The molecule has 0 aliphatic carbocycles. The van der Waals surface area contributed by atoms with Crippen molar-refractivity contribution in [3.63, 3.8) is 0 Å². The van der Waals surface area contributed by atoms with Crippen LogP contribution < -0.4 is 5.73 Å². The van der Waals surface area contributed by atoms with Crippen LogP contribution in [0.1, 0.15) is 22.9 Å². The van der Waals surface area contributed by atoms with E-state index in [1.807, 2.05) is 25.1 Å². The molecule has 0 saturated carbocycles. The Labute approximate surface area is 108 Å². The van der Waals surface area contributed by atoms with Crippen molar-refractivity contribution >= 4 is 15.9 Å². The maximum absolute atomic E-state index is 13.3. The summed E-state index contributed by atoms with van der Waals surface area (Å²) in [6, 6.07) is 8.09. The zero-order valence-electron chi connectivity index (χ0n) is 9.32. The van der Waals surface area contributed by atoms with Crippen LogP contribution in [0.3, 0.4) is 0 Å². The Kier molecular flexibility index (Phi) is 3.54. The highest BCUT2D eigenvalue weighted by Crippen LogP contribution is 2.23. The molecule has 0 fully saturated rings. The molecule has 1 heterocycles. The summed E-state index contributed by atoms with van der Waals surface area (Å²) in [4.78, 5) is 4.19. The molecular weight excluding hydrogens is 283 g/mol. The van der Waals surface area contributed by atoms with Crippen molar-refractivity contribution in [2.75, 3.05) is 0 Å². The highest BCUT2D eigenvalue weighted by molar-refractivity contribution is 9.10. The van der Waals surface area contributed by atoms with Crippen LogP contribution in [0.4, 0.5) is 4.39 Å². The van der Waals surface area contributed by atoms with Crippen LogP contribution >= 0.6 is 15.9 Å². The van der Waals surface area contributed by atoms with Gasteiger partial charge in [-0.2, -0.15) is 0 Å². The van der Waals surface area contributed by atoms with Crippen molar-refractivity contribution in [3.05, 3.63) is 63.6 Å². The number of benzene rings is 1. The Morgan fingerprint density at radius 3 is 2.59 bits per heavy atom. The van der Waals surface area contributed by atoms with Crippen LogP contribution in [0.2, 0.25) is 0 Å². The van der Waals surface area contributed by atoms with Gasteiger partial charge in [0.05, 0.1) is 6.04 Å². The molecule has 2 nitrogen and oxygen atoms in total. The number of halogens is 2. The number of nitrogens with zero attached hydrogens (tertiary/aromatic N) is 1. The average Bonchev–Trinajstić information content (AvgIpc) is 2.28. The Morgan fingerprint density at radius 2 is 2.00 bits per heavy atom. The molecular formula is C13H12BrFN2. The van der Waals surface area contributed by atoms with Gasteiger partial charge in [-0.3, -0.25) is 4.98 Å². The van der Waals surface area contributed by atoms with Crippen molar-refractivity contribution in [2.24, 2.45) is 5.73 Å². The second kappa shape index (κ2) is 4.94. The Bertz CT molecular complexity index is 505. The largest absolute Gasteiger partial charge is 0.320 e. The molecule has 0 saturated heterocycles. The fourth-order valence-electron chi connectivity index (χ4n) is 1.61. The van der Waals surface area contributed by atoms with E-state index in [9.17, 15) is 4.39 Å². The van der Waals surface area contributed by atoms with Crippen molar-refractivity contribution in [1.29, 1.82) is 0 Å². The van der Waals surface area contributed by atoms with Gasteiger partial charge in [-0.05, 0) is 42.3 Å². The van der Waals surface area contributed by atoms with Gasteiger partial charge in [0.15, 0.2) is 0 Å². The average molecular weight is 295 g/mol. The smallest absolute Gasteiger partial charge is 0.124 e. The van der Waals surface area contributed by atoms with Gasteiger partial charge in [-0.25, -0.2) is 4.39 Å². The third kappa shape index (κ3) is 2.90. The summed E-state index contributed by atoms with van der Waals surface area (Å²) in [6.07, 6.45) is 1.72. The zero-order chi connectivity index (χ0) is 12.4. The highest BCUT2D eigenvalue weighted by Gasteiger charge is 2.11. The lowest BCUT2D eigenvalue weighted by molar-refractivity contribution is 0.622. The quantitative estimate of drug-likeness (QED) is 0.923. The van der Waals surface area contributed by atoms with Crippen molar-refractivity contribution in [1.82, 2.24) is 4.98 Å². The molecule has 1 unspecified atom stereocenters. The molecule has 0 radical (unpaired) electrons. The fourth-order valence-corrected chi connectivity index (χ4v) is 2.09. The molecule has 0 bridgehead atoms. The SMILES string of the molecule is Cc1ccc(C(N)c2cc(F)cc(Br)c2)cn1. The minimum atomic E-state index is -0.366. The first kappa shape index (κ1) is 12.2. The van der Waals surface area contributed by atoms with Crippen LogP contribution in [0.15, 0.2) is 41.0 Å². The van der Waals surface area contributed by atoms with Crippen LogP contribution in [0.25, 0.3) is 0 Å². The third-order valence-electron chi connectivity index (χ3n) is 2.54. The van der Waals surface area contributed by atoms with E-state index in [1.165, 1.54) is 12.1 Å². The minimum absolute atomic E-state index is 0.301. The summed E-state index contributed by atoms with van der Waals surface area (Å²) in [7, 11) is 0. The number of nitrogens with two attached hydrogens (primary N) is 1. The van der Waals surface area contributed by atoms with Crippen LogP contribution in [0.5, 0.6) is 0 Å². The number of aromatic nitrogens is 1. The van der Waals surface area contributed by atoms with Crippen LogP contribution in [0, 0.1) is 12.7 Å². The van der Waals surface area contributed by atoms with E-state index in [0.717, 1.165) is 16.8 Å². The summed E-state index contributed by atoms with van der Waals surface area (Å²) in [6.45, 7) is 1.91. The summed E-state index contributed by atoms with van der Waals surface area (Å²) in [5.74, 6) is -0.301. The summed E-state index contributed by atoms with van der Waals surface area (Å²) in [5, 5.41) is 0. The molecule has 2 aromatic rings. The van der Waals surface area contributed by atoms with Gasteiger partial charge in [-0.15, -0.1) is 0 Å². The second-order valence-electron chi connectivity index (χ2n) is 3.91. The fraction of sp³-hybridized carbons (Fsp3) is 0.154. The van der Waals surface area contributed by atoms with Gasteiger partial charge in [0.1, 0.15) is 5.82 Å². The molecule has 0 amide bonds. The van der Waals surface area contributed by atoms with E-state index in [4.69, 9.17) is 5.73 Å². The Balaban J connectivity index is 2.36. The molecule has 0 aliphatic rings. The van der Waals surface area contributed by atoms with Crippen molar-refractivity contribution in [3.8, 4) is 0 Å². The minimum Gasteiger partial charge on any atom is -0.320 e. The van der Waals surface area contributed by atoms with Gasteiger partial charge in [0.2, 0.25) is 0 Å². The second-order valence-corrected chi connectivity index (χ2v) is 4.83. The van der Waals surface area contributed by atoms with Gasteiger partial charge in [-0.1, -0.05) is 22.0 Å². The monoisotopic (exact) mass is 294 g/mol. The van der Waals surface area contributed by atoms with E-state index in [2.05, 4.69) is 20.9 Å². The van der Waals surface area contributed by atoms with Crippen LogP contribution in [-0.2, 0) is 0 Å². The molecule has 1 atom stereocenters. The van der Waals surface area contributed by atoms with Gasteiger partial charge in [0.25, 0.3) is 0 Å². The topological polar surface area (TPSA) is 38.9 Å². The lowest BCUT2D eigenvalue weighted by Gasteiger charge is -2.13. The number of hydrogen-bond acceptors (Lipinski definition) is 2. The molecule has 88 valence electrons. The molecule has 1 aromatic carbocycles. The first-order chi connectivity index (χ1) is 8.06. The number of pyridine rings is 1. The standard InChI is InChI=1S/C13H12BrFN2/c1-8-2-3-9(7-17-8)13(16)10-4-11(14)6-12(15)5-10/h2-7,13H,16H2,1H3. The predicted octanol–water partition coefficient (Wildman–Crippen LogP) is 3.34. The van der Waals surface area contributed by atoms with E-state index >= 15 is 0 Å². The molecule has 0 spiro atoms. The Morgan fingerprint density at radius 1 is 1.24 bits per heavy atom. The summed E-state index contributed by atoms with van der Waals surface area (Å²) < 4.78 is 14.0. The number of aryl methyl sites for hydroxylation is 1. The number of rotatable bonds is 2. The van der Waals surface area contributed by atoms with Gasteiger partial charge in [0, 0.05) is 16.4 Å². The molecule has 2 rings (SSSR count). The lowest BCUT2D eigenvalue weighted by Crippen LogP contribution is -2.12. The molecule has 0 aliphatic heterocycles. The van der Waals surface area contributed by atoms with Crippen LogP contribution in [-0.4, -0.2) is 4.98 Å². The van der Waals surface area contributed by atoms with Crippen molar-refractivity contribution in [2.45, 2.75) is 13.0 Å².